The van der Waals surface area contributed by atoms with Crippen LogP contribution in [0.3, 0.4) is 0 Å². The second kappa shape index (κ2) is 4.55. The number of hydrogen-bond acceptors (Lipinski definition) is 2. The normalized spacial score (nSPS) is 12.8. The number of nitrogens with two attached hydrogens (primary N) is 1. The lowest BCUT2D eigenvalue weighted by Crippen LogP contribution is -2.17. The van der Waals surface area contributed by atoms with Gasteiger partial charge in [0.2, 0.25) is 0 Å². The average Bonchev–Trinajstić information content (AvgIpc) is 2.44. The molecular weight excluding hydrogens is 194 g/mol. The molecule has 3 nitrogen and oxygen atoms in total. The molecule has 4 heteroatoms. The highest BCUT2D eigenvalue weighted by Gasteiger charge is 2.13. The number of imidazole rings is 1. The van der Waals surface area contributed by atoms with Crippen molar-refractivity contribution in [3.05, 3.63) is 17.7 Å². The third-order valence-corrected chi connectivity index (χ3v) is 2.75. The van der Waals surface area contributed by atoms with Crippen molar-refractivity contribution in [1.29, 1.82) is 0 Å². The van der Waals surface area contributed by atoms with Gasteiger partial charge in [-0.05, 0) is 20.3 Å². The fourth-order valence-electron chi connectivity index (χ4n) is 1.56. The van der Waals surface area contributed by atoms with E-state index in [2.05, 4.69) is 23.4 Å². The molecule has 0 amide bonds. The summed E-state index contributed by atoms with van der Waals surface area (Å²) in [6, 6.07) is 0.355. The fraction of sp³-hybridized carbons (Fsp3) is 0.600. The van der Waals surface area contributed by atoms with E-state index in [1.807, 2.05) is 13.3 Å². The minimum absolute atomic E-state index is 0.355. The number of aromatic nitrogens is 2. The maximum atomic E-state index is 5.56. The Balaban J connectivity index is 2.89. The molecule has 0 saturated carbocycles. The molecule has 1 rings (SSSR count). The molecule has 0 saturated heterocycles. The Bertz CT molecular complexity index is 330. The van der Waals surface area contributed by atoms with Gasteiger partial charge in [-0.2, -0.15) is 0 Å². The van der Waals surface area contributed by atoms with E-state index >= 15 is 0 Å². The van der Waals surface area contributed by atoms with Crippen LogP contribution in [0.2, 0.25) is 0 Å². The summed E-state index contributed by atoms with van der Waals surface area (Å²) < 4.78 is 2.16. The fourth-order valence-corrected chi connectivity index (χ4v) is 1.75. The van der Waals surface area contributed by atoms with Gasteiger partial charge in [0.15, 0.2) is 0 Å². The molecule has 0 radical (unpaired) electrons. The Morgan fingerprint density at radius 2 is 2.29 bits per heavy atom. The Hall–Kier alpha value is -0.900. The van der Waals surface area contributed by atoms with Crippen LogP contribution >= 0.6 is 12.2 Å². The smallest absolute Gasteiger partial charge is 0.0954 e. The van der Waals surface area contributed by atoms with Gasteiger partial charge in [0, 0.05) is 18.2 Å². The molecule has 14 heavy (non-hydrogen) atoms. The third kappa shape index (κ3) is 2.32. The van der Waals surface area contributed by atoms with Gasteiger partial charge in [-0.15, -0.1) is 0 Å². The van der Waals surface area contributed by atoms with Crippen molar-refractivity contribution in [2.45, 2.75) is 39.7 Å². The van der Waals surface area contributed by atoms with Crippen LogP contribution in [-0.2, 0) is 0 Å². The van der Waals surface area contributed by atoms with Crippen LogP contribution < -0.4 is 5.73 Å². The van der Waals surface area contributed by atoms with Crippen molar-refractivity contribution in [1.82, 2.24) is 9.55 Å². The summed E-state index contributed by atoms with van der Waals surface area (Å²) in [7, 11) is 0. The Morgan fingerprint density at radius 1 is 1.64 bits per heavy atom. The number of thiocarbonyl (C=S) groups is 1. The van der Waals surface area contributed by atoms with Gasteiger partial charge in [-0.1, -0.05) is 19.1 Å². The molecule has 2 N–H and O–H groups in total. The number of rotatable bonds is 4. The largest absolute Gasteiger partial charge is 0.393 e. The van der Waals surface area contributed by atoms with Crippen molar-refractivity contribution in [3.63, 3.8) is 0 Å². The predicted molar refractivity (Wildman–Crippen MR) is 62.4 cm³/mol. The van der Waals surface area contributed by atoms with Crippen LogP contribution in [0.1, 0.15) is 37.2 Å². The molecule has 0 fully saturated rings. The lowest BCUT2D eigenvalue weighted by atomic mass is 10.1. The number of hydrogen-bond donors (Lipinski definition) is 1. The molecule has 0 aromatic carbocycles. The van der Waals surface area contributed by atoms with E-state index in [0.29, 0.717) is 11.0 Å². The zero-order valence-electron chi connectivity index (χ0n) is 8.95. The van der Waals surface area contributed by atoms with E-state index in [-0.39, 0.29) is 0 Å². The van der Waals surface area contributed by atoms with Crippen LogP contribution in [0.4, 0.5) is 0 Å². The second-order valence-electron chi connectivity index (χ2n) is 3.56. The Morgan fingerprint density at radius 3 is 2.64 bits per heavy atom. The maximum Gasteiger partial charge on any atom is 0.0954 e. The van der Waals surface area contributed by atoms with Crippen LogP contribution in [0.15, 0.2) is 6.33 Å². The van der Waals surface area contributed by atoms with E-state index in [1.165, 1.54) is 5.69 Å². The quantitative estimate of drug-likeness (QED) is 0.776. The molecule has 0 aliphatic heterocycles. The standard InChI is InChI=1S/C10H17N3S/c1-4-9(5-10(11)14)13-6-12-7(2)8(13)3/h6,9H,4-5H2,1-3H3,(H2,11,14). The van der Waals surface area contributed by atoms with Gasteiger partial charge in [-0.3, -0.25) is 0 Å². The molecule has 0 spiro atoms. The van der Waals surface area contributed by atoms with Crippen LogP contribution in [0.25, 0.3) is 0 Å². The summed E-state index contributed by atoms with van der Waals surface area (Å²) in [6.45, 7) is 6.22. The molecule has 0 aliphatic rings. The van der Waals surface area contributed by atoms with Crippen molar-refractivity contribution < 1.29 is 0 Å². The average molecular weight is 211 g/mol. The van der Waals surface area contributed by atoms with Crippen LogP contribution in [0, 0.1) is 13.8 Å². The maximum absolute atomic E-state index is 5.56. The molecule has 78 valence electrons. The molecule has 0 aliphatic carbocycles. The Kier molecular flexibility index (Phi) is 3.63. The monoisotopic (exact) mass is 211 g/mol. The van der Waals surface area contributed by atoms with Gasteiger partial charge >= 0.3 is 0 Å². The molecule has 1 heterocycles. The molecular formula is C10H17N3S. The minimum Gasteiger partial charge on any atom is -0.393 e. The lowest BCUT2D eigenvalue weighted by molar-refractivity contribution is 0.493. The first-order valence-corrected chi connectivity index (χ1v) is 5.25. The molecule has 0 bridgehead atoms. The first kappa shape index (κ1) is 11.2. The summed E-state index contributed by atoms with van der Waals surface area (Å²) >= 11 is 4.93. The molecule has 1 aromatic heterocycles. The minimum atomic E-state index is 0.355. The van der Waals surface area contributed by atoms with Crippen molar-refractivity contribution in [2.24, 2.45) is 5.73 Å². The zero-order valence-corrected chi connectivity index (χ0v) is 9.77. The van der Waals surface area contributed by atoms with E-state index < -0.39 is 0 Å². The summed E-state index contributed by atoms with van der Waals surface area (Å²) in [5, 5.41) is 0. The number of nitrogens with zero attached hydrogens (tertiary/aromatic N) is 2. The highest BCUT2D eigenvalue weighted by atomic mass is 32.1. The van der Waals surface area contributed by atoms with Crippen molar-refractivity contribution in [2.75, 3.05) is 0 Å². The Labute approximate surface area is 90.3 Å². The van der Waals surface area contributed by atoms with Crippen molar-refractivity contribution >= 4 is 17.2 Å². The second-order valence-corrected chi connectivity index (χ2v) is 4.08. The zero-order chi connectivity index (χ0) is 10.7. The van der Waals surface area contributed by atoms with Gasteiger partial charge in [0.1, 0.15) is 0 Å². The first-order chi connectivity index (χ1) is 6.56. The molecule has 1 unspecified atom stereocenters. The molecule has 1 atom stereocenters. The highest BCUT2D eigenvalue weighted by molar-refractivity contribution is 7.80. The van der Waals surface area contributed by atoms with Crippen molar-refractivity contribution in [3.8, 4) is 0 Å². The highest BCUT2D eigenvalue weighted by Crippen LogP contribution is 2.19. The number of aryl methyl sites for hydroxylation is 1. The van der Waals surface area contributed by atoms with E-state index in [0.717, 1.165) is 18.5 Å². The third-order valence-electron chi connectivity index (χ3n) is 2.59. The summed E-state index contributed by atoms with van der Waals surface area (Å²) in [6.07, 6.45) is 3.65. The SMILES string of the molecule is CCC(CC(N)=S)n1cnc(C)c1C. The van der Waals surface area contributed by atoms with Gasteiger partial charge in [0.05, 0.1) is 17.0 Å². The lowest BCUT2D eigenvalue weighted by Gasteiger charge is -2.17. The molecule has 1 aromatic rings. The van der Waals surface area contributed by atoms with E-state index in [9.17, 15) is 0 Å². The topological polar surface area (TPSA) is 43.8 Å². The van der Waals surface area contributed by atoms with E-state index in [1.54, 1.807) is 0 Å². The van der Waals surface area contributed by atoms with Crippen LogP contribution in [-0.4, -0.2) is 14.5 Å². The van der Waals surface area contributed by atoms with E-state index in [4.69, 9.17) is 18.0 Å². The summed E-state index contributed by atoms with van der Waals surface area (Å²) in [5.74, 6) is 0. The summed E-state index contributed by atoms with van der Waals surface area (Å²) in [4.78, 5) is 4.84. The van der Waals surface area contributed by atoms with Gasteiger partial charge in [-0.25, -0.2) is 4.98 Å². The van der Waals surface area contributed by atoms with Gasteiger partial charge < -0.3 is 10.3 Å². The predicted octanol–water partition coefficient (Wildman–Crippen LogP) is 2.13. The van der Waals surface area contributed by atoms with Gasteiger partial charge in [0.25, 0.3) is 0 Å². The van der Waals surface area contributed by atoms with Crippen LogP contribution in [0.5, 0.6) is 0 Å². The summed E-state index contributed by atoms with van der Waals surface area (Å²) in [5.41, 5.74) is 7.84. The first-order valence-electron chi connectivity index (χ1n) is 4.84.